The molecule has 1 atom stereocenters. The van der Waals surface area contributed by atoms with Crippen molar-refractivity contribution in [1.29, 1.82) is 0 Å². The summed E-state index contributed by atoms with van der Waals surface area (Å²) in [6.45, 7) is 2.36. The van der Waals surface area contributed by atoms with Crippen molar-refractivity contribution in [3.8, 4) is 0 Å². The molecular formula is C16H18ClN3O3S3. The number of aromatic nitrogens is 1. The third-order valence-electron chi connectivity index (χ3n) is 3.91. The molecule has 1 aromatic carbocycles. The predicted octanol–water partition coefficient (Wildman–Crippen LogP) is 2.53. The number of benzene rings is 1. The number of aryl methyl sites for hydroxylation is 1. The van der Waals surface area contributed by atoms with E-state index in [1.165, 1.54) is 40.3 Å². The van der Waals surface area contributed by atoms with Crippen LogP contribution in [-0.2, 0) is 21.2 Å². The largest absolute Gasteiger partial charge is 0.354 e. The van der Waals surface area contributed by atoms with E-state index in [-0.39, 0.29) is 16.7 Å². The van der Waals surface area contributed by atoms with Gasteiger partial charge < -0.3 is 5.32 Å². The number of nitrogens with zero attached hydrogens (tertiary/aromatic N) is 2. The van der Waals surface area contributed by atoms with Gasteiger partial charge in [0.1, 0.15) is 6.04 Å². The summed E-state index contributed by atoms with van der Waals surface area (Å²) in [5, 5.41) is 6.24. The van der Waals surface area contributed by atoms with Gasteiger partial charge in [-0.1, -0.05) is 11.6 Å². The maximum absolute atomic E-state index is 12.8. The van der Waals surface area contributed by atoms with Crippen LogP contribution in [0, 0.1) is 6.92 Å². The zero-order valence-electron chi connectivity index (χ0n) is 14.0. The van der Waals surface area contributed by atoms with Crippen LogP contribution in [0.2, 0.25) is 5.02 Å². The fourth-order valence-electron chi connectivity index (χ4n) is 2.57. The average molecular weight is 432 g/mol. The standard InChI is InChI=1S/C16H18ClN3O3S3/c1-11-19-13(8-25-11)6-7-18-16(21)15-9-24-10-20(15)26(22,23)14-4-2-12(17)3-5-14/h2-5,8,15H,6-7,9-10H2,1H3,(H,18,21). The lowest BCUT2D eigenvalue weighted by atomic mass is 10.3. The maximum atomic E-state index is 12.8. The molecule has 2 heterocycles. The SMILES string of the molecule is Cc1nc(CCNC(=O)C2CSCN2S(=O)(=O)c2ccc(Cl)cc2)cs1. The highest BCUT2D eigenvalue weighted by atomic mass is 35.5. The van der Waals surface area contributed by atoms with Crippen LogP contribution in [0.4, 0.5) is 0 Å². The molecule has 1 fully saturated rings. The van der Waals surface area contributed by atoms with Crippen LogP contribution in [0.5, 0.6) is 0 Å². The Labute approximate surface area is 166 Å². The smallest absolute Gasteiger partial charge is 0.244 e. The van der Waals surface area contributed by atoms with Crippen LogP contribution in [0.25, 0.3) is 0 Å². The number of hydrogen-bond donors (Lipinski definition) is 1. The Morgan fingerprint density at radius 1 is 1.38 bits per heavy atom. The maximum Gasteiger partial charge on any atom is 0.244 e. The summed E-state index contributed by atoms with van der Waals surface area (Å²) < 4.78 is 26.9. The van der Waals surface area contributed by atoms with Crippen molar-refractivity contribution in [2.75, 3.05) is 18.2 Å². The van der Waals surface area contributed by atoms with E-state index in [1.807, 2.05) is 12.3 Å². The van der Waals surface area contributed by atoms with Crippen LogP contribution in [-0.4, -0.2) is 47.8 Å². The molecule has 1 saturated heterocycles. The van der Waals surface area contributed by atoms with Crippen molar-refractivity contribution in [3.63, 3.8) is 0 Å². The Morgan fingerprint density at radius 3 is 2.77 bits per heavy atom. The quantitative estimate of drug-likeness (QED) is 0.760. The predicted molar refractivity (Wildman–Crippen MR) is 105 cm³/mol. The second-order valence-electron chi connectivity index (χ2n) is 5.76. The minimum atomic E-state index is -3.74. The van der Waals surface area contributed by atoms with E-state index in [2.05, 4.69) is 10.3 Å². The normalized spacial score (nSPS) is 18.2. The topological polar surface area (TPSA) is 79.4 Å². The number of amides is 1. The van der Waals surface area contributed by atoms with Crippen LogP contribution >= 0.6 is 34.7 Å². The van der Waals surface area contributed by atoms with Crippen molar-refractivity contribution >= 4 is 50.6 Å². The molecule has 140 valence electrons. The van der Waals surface area contributed by atoms with Gasteiger partial charge in [-0.2, -0.15) is 4.31 Å². The highest BCUT2D eigenvalue weighted by Crippen LogP contribution is 2.29. The van der Waals surface area contributed by atoms with E-state index in [9.17, 15) is 13.2 Å². The molecule has 10 heteroatoms. The summed E-state index contributed by atoms with van der Waals surface area (Å²) in [5.41, 5.74) is 0.930. The summed E-state index contributed by atoms with van der Waals surface area (Å²) in [6.07, 6.45) is 0.625. The molecule has 1 aromatic heterocycles. The zero-order chi connectivity index (χ0) is 18.7. The lowest BCUT2D eigenvalue weighted by molar-refractivity contribution is -0.123. The number of thiazole rings is 1. The molecule has 0 aliphatic carbocycles. The minimum absolute atomic E-state index is 0.139. The first kappa shape index (κ1) is 19.6. The highest BCUT2D eigenvalue weighted by Gasteiger charge is 2.39. The molecular weight excluding hydrogens is 414 g/mol. The van der Waals surface area contributed by atoms with Crippen molar-refractivity contribution in [1.82, 2.24) is 14.6 Å². The number of sulfonamides is 1. The number of hydrogen-bond acceptors (Lipinski definition) is 6. The Kier molecular flexibility index (Phi) is 6.24. The summed E-state index contributed by atoms with van der Waals surface area (Å²) in [6, 6.07) is 5.27. The first-order valence-corrected chi connectivity index (χ1v) is 11.8. The van der Waals surface area contributed by atoms with Crippen molar-refractivity contribution in [2.24, 2.45) is 0 Å². The van der Waals surface area contributed by atoms with E-state index in [4.69, 9.17) is 11.6 Å². The molecule has 0 spiro atoms. The van der Waals surface area contributed by atoms with E-state index in [0.29, 0.717) is 23.7 Å². The Bertz CT molecular complexity index is 884. The van der Waals surface area contributed by atoms with E-state index in [1.54, 1.807) is 11.3 Å². The van der Waals surface area contributed by atoms with Gasteiger partial charge in [0, 0.05) is 29.1 Å². The molecule has 1 amide bonds. The van der Waals surface area contributed by atoms with Gasteiger partial charge in [0.2, 0.25) is 15.9 Å². The lowest BCUT2D eigenvalue weighted by Gasteiger charge is -2.22. The van der Waals surface area contributed by atoms with Gasteiger partial charge in [-0.15, -0.1) is 23.1 Å². The van der Waals surface area contributed by atoms with Crippen LogP contribution in [0.15, 0.2) is 34.5 Å². The molecule has 0 saturated carbocycles. The number of carbonyl (C=O) groups is 1. The fourth-order valence-corrected chi connectivity index (χ4v) is 6.49. The molecule has 1 aliphatic rings. The van der Waals surface area contributed by atoms with Crippen molar-refractivity contribution < 1.29 is 13.2 Å². The second kappa shape index (κ2) is 8.26. The monoisotopic (exact) mass is 431 g/mol. The lowest BCUT2D eigenvalue weighted by Crippen LogP contribution is -2.47. The van der Waals surface area contributed by atoms with Gasteiger partial charge in [-0.25, -0.2) is 13.4 Å². The molecule has 26 heavy (non-hydrogen) atoms. The van der Waals surface area contributed by atoms with Crippen molar-refractivity contribution in [2.45, 2.75) is 24.3 Å². The van der Waals surface area contributed by atoms with E-state index < -0.39 is 16.1 Å². The van der Waals surface area contributed by atoms with Gasteiger partial charge in [0.15, 0.2) is 0 Å². The van der Waals surface area contributed by atoms with Crippen molar-refractivity contribution in [3.05, 3.63) is 45.4 Å². The second-order valence-corrected chi connectivity index (χ2v) is 10.1. The molecule has 0 bridgehead atoms. The van der Waals surface area contributed by atoms with Gasteiger partial charge >= 0.3 is 0 Å². The van der Waals surface area contributed by atoms with Gasteiger partial charge in [0.05, 0.1) is 21.5 Å². The van der Waals surface area contributed by atoms with E-state index >= 15 is 0 Å². The molecule has 0 radical (unpaired) electrons. The van der Waals surface area contributed by atoms with Gasteiger partial charge in [-0.05, 0) is 31.2 Å². The molecule has 1 N–H and O–H groups in total. The Balaban J connectivity index is 1.65. The third-order valence-corrected chi connectivity index (χ3v) is 8.03. The first-order chi connectivity index (χ1) is 12.4. The van der Waals surface area contributed by atoms with Gasteiger partial charge in [-0.3, -0.25) is 4.79 Å². The number of rotatable bonds is 6. The summed E-state index contributed by atoms with van der Waals surface area (Å²) >= 11 is 8.82. The Hall–Kier alpha value is -1.13. The number of halogens is 1. The minimum Gasteiger partial charge on any atom is -0.354 e. The summed E-state index contributed by atoms with van der Waals surface area (Å²) in [7, 11) is -3.74. The molecule has 3 rings (SSSR count). The van der Waals surface area contributed by atoms with Crippen LogP contribution in [0.3, 0.4) is 0 Å². The zero-order valence-corrected chi connectivity index (χ0v) is 17.2. The molecule has 2 aromatic rings. The summed E-state index contributed by atoms with van der Waals surface area (Å²) in [4.78, 5) is 17.0. The van der Waals surface area contributed by atoms with E-state index in [0.717, 1.165) is 10.7 Å². The number of carbonyl (C=O) groups excluding carboxylic acids is 1. The van der Waals surface area contributed by atoms with Crippen LogP contribution < -0.4 is 5.32 Å². The van der Waals surface area contributed by atoms with Crippen LogP contribution in [0.1, 0.15) is 10.7 Å². The molecule has 1 aliphatic heterocycles. The average Bonchev–Trinajstić information content (AvgIpc) is 3.24. The number of thioether (sulfide) groups is 1. The number of nitrogens with one attached hydrogen (secondary N) is 1. The first-order valence-electron chi connectivity index (χ1n) is 7.92. The highest BCUT2D eigenvalue weighted by molar-refractivity contribution is 8.00. The third kappa shape index (κ3) is 4.40. The Morgan fingerprint density at radius 2 is 2.12 bits per heavy atom. The fraction of sp³-hybridized carbons (Fsp3) is 0.375. The molecule has 1 unspecified atom stereocenters. The van der Waals surface area contributed by atoms with Gasteiger partial charge in [0.25, 0.3) is 0 Å². The molecule has 6 nitrogen and oxygen atoms in total. The summed E-state index contributed by atoms with van der Waals surface area (Å²) in [5.74, 6) is 0.419.